The molecule has 0 amide bonds. The highest BCUT2D eigenvalue weighted by atomic mass is 16.7. The maximum Gasteiger partial charge on any atom is 0.239 e. The Bertz CT molecular complexity index is 288. The first-order valence-electron chi connectivity index (χ1n) is 6.65. The van der Waals surface area contributed by atoms with Crippen molar-refractivity contribution in [1.82, 2.24) is 0 Å². The lowest BCUT2D eigenvalue weighted by Crippen LogP contribution is -2.28. The van der Waals surface area contributed by atoms with Crippen molar-refractivity contribution in [2.45, 2.75) is 52.2 Å². The maximum absolute atomic E-state index is 11.9. The highest BCUT2D eigenvalue weighted by molar-refractivity contribution is 5.81. The van der Waals surface area contributed by atoms with Gasteiger partial charge in [-0.2, -0.15) is 0 Å². The molecule has 3 nitrogen and oxygen atoms in total. The van der Waals surface area contributed by atoms with Gasteiger partial charge in [-0.1, -0.05) is 13.8 Å². The molecule has 0 radical (unpaired) electrons. The maximum atomic E-state index is 11.9. The third-order valence-electron chi connectivity index (χ3n) is 4.01. The molecule has 2 unspecified atom stereocenters. The summed E-state index contributed by atoms with van der Waals surface area (Å²) in [6.45, 7) is 4.51. The van der Waals surface area contributed by atoms with E-state index in [1.54, 1.807) is 12.5 Å². The highest BCUT2D eigenvalue weighted by Crippen LogP contribution is 2.34. The van der Waals surface area contributed by atoms with E-state index in [-0.39, 0.29) is 12.2 Å². The Labute approximate surface area is 103 Å². The molecule has 1 saturated carbocycles. The van der Waals surface area contributed by atoms with Crippen molar-refractivity contribution >= 4 is 5.78 Å². The fourth-order valence-corrected chi connectivity index (χ4v) is 2.78. The molecule has 0 saturated heterocycles. The summed E-state index contributed by atoms with van der Waals surface area (Å²) in [4.78, 5) is 11.9. The van der Waals surface area contributed by atoms with Gasteiger partial charge in [-0.25, -0.2) is 0 Å². The first-order chi connectivity index (χ1) is 8.16. The van der Waals surface area contributed by atoms with Gasteiger partial charge in [0.2, 0.25) is 6.29 Å². The minimum atomic E-state index is -0.165. The fraction of sp³-hybridized carbons (Fsp3) is 0.786. The zero-order valence-corrected chi connectivity index (χ0v) is 10.7. The second-order valence-corrected chi connectivity index (χ2v) is 5.49. The first kappa shape index (κ1) is 12.5. The normalized spacial score (nSPS) is 29.5. The summed E-state index contributed by atoms with van der Waals surface area (Å²) in [5.41, 5.74) is 0. The summed E-state index contributed by atoms with van der Waals surface area (Å²) in [5.74, 6) is 2.06. The van der Waals surface area contributed by atoms with E-state index in [0.29, 0.717) is 17.6 Å². The predicted molar refractivity (Wildman–Crippen MR) is 65.0 cm³/mol. The molecule has 2 atom stereocenters. The summed E-state index contributed by atoms with van der Waals surface area (Å²) in [7, 11) is 0. The first-order valence-corrected chi connectivity index (χ1v) is 6.65. The number of ether oxygens (including phenoxy) is 2. The molecule has 0 aromatic heterocycles. The van der Waals surface area contributed by atoms with Crippen LogP contribution in [0.3, 0.4) is 0 Å². The van der Waals surface area contributed by atoms with Crippen molar-refractivity contribution in [1.29, 1.82) is 0 Å². The third kappa shape index (κ3) is 3.24. The molecule has 1 aliphatic heterocycles. The zero-order valence-electron chi connectivity index (χ0n) is 10.7. The van der Waals surface area contributed by atoms with Gasteiger partial charge in [0.15, 0.2) is 0 Å². The topological polar surface area (TPSA) is 35.5 Å². The molecular weight excluding hydrogens is 216 g/mol. The van der Waals surface area contributed by atoms with Crippen molar-refractivity contribution in [2.24, 2.45) is 17.8 Å². The molecule has 0 aromatic rings. The summed E-state index contributed by atoms with van der Waals surface area (Å²) in [6.07, 6.45) is 7.58. The Morgan fingerprint density at radius 1 is 1.29 bits per heavy atom. The second-order valence-electron chi connectivity index (χ2n) is 5.49. The Hall–Kier alpha value is -0.990. The highest BCUT2D eigenvalue weighted by Gasteiger charge is 2.30. The standard InChI is InChI=1S/C14H22O3/c1-10(2)11-3-5-13(15)12(9-11)4-6-14-16-7-8-17-14/h7-8,10-12,14H,3-6,9H2,1-2H3. The Morgan fingerprint density at radius 2 is 2.00 bits per heavy atom. The van der Waals surface area contributed by atoms with E-state index in [4.69, 9.17) is 9.47 Å². The Balaban J connectivity index is 1.79. The van der Waals surface area contributed by atoms with Crippen LogP contribution in [0.1, 0.15) is 46.0 Å². The number of carbonyl (C=O) groups is 1. The van der Waals surface area contributed by atoms with Crippen LogP contribution in [0.25, 0.3) is 0 Å². The van der Waals surface area contributed by atoms with Crippen LogP contribution < -0.4 is 0 Å². The van der Waals surface area contributed by atoms with Crippen LogP contribution in [0.4, 0.5) is 0 Å². The quantitative estimate of drug-likeness (QED) is 0.754. The van der Waals surface area contributed by atoms with Crippen LogP contribution in [0.2, 0.25) is 0 Å². The molecule has 1 fully saturated rings. The zero-order chi connectivity index (χ0) is 12.3. The second kappa shape index (κ2) is 5.56. The predicted octanol–water partition coefficient (Wildman–Crippen LogP) is 3.25. The number of hydrogen-bond donors (Lipinski definition) is 0. The minimum Gasteiger partial charge on any atom is -0.459 e. The molecule has 1 heterocycles. The summed E-state index contributed by atoms with van der Waals surface area (Å²) < 4.78 is 10.5. The van der Waals surface area contributed by atoms with Crippen LogP contribution >= 0.6 is 0 Å². The average Bonchev–Trinajstić information content (AvgIpc) is 2.80. The summed E-state index contributed by atoms with van der Waals surface area (Å²) in [5, 5.41) is 0. The van der Waals surface area contributed by atoms with Gasteiger partial charge in [-0.05, 0) is 31.1 Å². The van der Waals surface area contributed by atoms with Crippen LogP contribution in [-0.2, 0) is 14.3 Å². The van der Waals surface area contributed by atoms with Gasteiger partial charge < -0.3 is 9.47 Å². The number of Topliss-reactive ketones (excluding diaryl/α,β-unsaturated/α-hetero) is 1. The van der Waals surface area contributed by atoms with E-state index in [9.17, 15) is 4.79 Å². The molecule has 0 bridgehead atoms. The summed E-state index contributed by atoms with van der Waals surface area (Å²) >= 11 is 0. The number of hydrogen-bond acceptors (Lipinski definition) is 3. The van der Waals surface area contributed by atoms with Crippen molar-refractivity contribution in [2.75, 3.05) is 0 Å². The molecule has 17 heavy (non-hydrogen) atoms. The lowest BCUT2D eigenvalue weighted by atomic mass is 9.74. The average molecular weight is 238 g/mol. The van der Waals surface area contributed by atoms with Crippen molar-refractivity contribution < 1.29 is 14.3 Å². The smallest absolute Gasteiger partial charge is 0.239 e. The van der Waals surface area contributed by atoms with Gasteiger partial charge in [0.1, 0.15) is 18.3 Å². The summed E-state index contributed by atoms with van der Waals surface area (Å²) in [6, 6.07) is 0. The third-order valence-corrected chi connectivity index (χ3v) is 4.01. The van der Waals surface area contributed by atoms with Crippen molar-refractivity contribution in [3.63, 3.8) is 0 Å². The van der Waals surface area contributed by atoms with E-state index in [2.05, 4.69) is 13.8 Å². The fourth-order valence-electron chi connectivity index (χ4n) is 2.78. The number of rotatable bonds is 4. The molecule has 0 N–H and O–H groups in total. The van der Waals surface area contributed by atoms with Crippen LogP contribution in [0, 0.1) is 17.8 Å². The van der Waals surface area contributed by atoms with Crippen LogP contribution in [0.15, 0.2) is 12.5 Å². The van der Waals surface area contributed by atoms with Gasteiger partial charge in [-0.15, -0.1) is 0 Å². The van der Waals surface area contributed by atoms with Crippen LogP contribution in [-0.4, -0.2) is 12.1 Å². The largest absolute Gasteiger partial charge is 0.459 e. The monoisotopic (exact) mass is 238 g/mol. The molecule has 2 rings (SSSR count). The van der Waals surface area contributed by atoms with Gasteiger partial charge >= 0.3 is 0 Å². The van der Waals surface area contributed by atoms with E-state index < -0.39 is 0 Å². The lowest BCUT2D eigenvalue weighted by Gasteiger charge is -2.30. The Morgan fingerprint density at radius 3 is 2.65 bits per heavy atom. The van der Waals surface area contributed by atoms with Crippen molar-refractivity contribution in [3.05, 3.63) is 12.5 Å². The molecule has 0 spiro atoms. The van der Waals surface area contributed by atoms with E-state index >= 15 is 0 Å². The SMILES string of the molecule is CC(C)C1CCC(=O)C(CCC2OC=CO2)C1. The van der Waals surface area contributed by atoms with Gasteiger partial charge in [0.05, 0.1) is 0 Å². The van der Waals surface area contributed by atoms with E-state index in [1.165, 1.54) is 0 Å². The Kier molecular flexibility index (Phi) is 4.08. The molecule has 0 aromatic carbocycles. The lowest BCUT2D eigenvalue weighted by molar-refractivity contribution is -0.127. The number of ketones is 1. The van der Waals surface area contributed by atoms with Gasteiger partial charge in [0.25, 0.3) is 0 Å². The van der Waals surface area contributed by atoms with Gasteiger partial charge in [0, 0.05) is 18.8 Å². The van der Waals surface area contributed by atoms with E-state index in [1.807, 2.05) is 0 Å². The minimum absolute atomic E-state index is 0.165. The molecule has 2 aliphatic rings. The van der Waals surface area contributed by atoms with Crippen LogP contribution in [0.5, 0.6) is 0 Å². The number of carbonyl (C=O) groups excluding carboxylic acids is 1. The van der Waals surface area contributed by atoms with E-state index in [0.717, 1.165) is 32.1 Å². The molecular formula is C14H22O3. The molecule has 1 aliphatic carbocycles. The molecule has 3 heteroatoms. The van der Waals surface area contributed by atoms with Crippen molar-refractivity contribution in [3.8, 4) is 0 Å². The van der Waals surface area contributed by atoms with Gasteiger partial charge in [-0.3, -0.25) is 4.79 Å². The molecule has 96 valence electrons.